The normalized spacial score (nSPS) is 10.9. The van der Waals surface area contributed by atoms with Crippen molar-refractivity contribution in [3.63, 3.8) is 0 Å². The van der Waals surface area contributed by atoms with E-state index in [4.69, 9.17) is 4.42 Å². The number of nitro groups is 2. The van der Waals surface area contributed by atoms with Crippen molar-refractivity contribution in [3.8, 4) is 17.2 Å². The molecule has 11 nitrogen and oxygen atoms in total. The SMILES string of the molecule is CCc1ccc2oc(-c3cc(NC(=O)c4cc([N+](=O)[O-])c(C)c([N+](=O)[O-])c4)ccc3O)nc2c1. The summed E-state index contributed by atoms with van der Waals surface area (Å²) in [4.78, 5) is 38.2. The number of rotatable bonds is 6. The quantitative estimate of drug-likeness (QED) is 0.226. The van der Waals surface area contributed by atoms with Gasteiger partial charge in [0.1, 0.15) is 16.8 Å². The number of fused-ring (bicyclic) bond motifs is 1. The zero-order valence-electron chi connectivity index (χ0n) is 18.1. The van der Waals surface area contributed by atoms with Crippen LogP contribution in [0.15, 0.2) is 52.9 Å². The average molecular weight is 462 g/mol. The Bertz CT molecular complexity index is 1440. The van der Waals surface area contributed by atoms with Gasteiger partial charge in [0.15, 0.2) is 5.58 Å². The zero-order chi connectivity index (χ0) is 24.6. The minimum absolute atomic E-state index is 0.137. The van der Waals surface area contributed by atoms with E-state index in [0.29, 0.717) is 11.1 Å². The number of aromatic nitrogens is 1. The molecule has 1 heterocycles. The van der Waals surface area contributed by atoms with E-state index in [1.165, 1.54) is 25.1 Å². The van der Waals surface area contributed by atoms with E-state index in [9.17, 15) is 30.1 Å². The number of hydrogen-bond donors (Lipinski definition) is 2. The molecular formula is C23H18N4O7. The number of benzene rings is 3. The smallest absolute Gasteiger partial charge is 0.279 e. The van der Waals surface area contributed by atoms with E-state index in [0.717, 1.165) is 24.1 Å². The van der Waals surface area contributed by atoms with Gasteiger partial charge in [-0.15, -0.1) is 0 Å². The van der Waals surface area contributed by atoms with Crippen molar-refractivity contribution in [1.82, 2.24) is 4.98 Å². The summed E-state index contributed by atoms with van der Waals surface area (Å²) in [7, 11) is 0. The summed E-state index contributed by atoms with van der Waals surface area (Å²) in [6.45, 7) is 3.26. The molecule has 0 saturated carbocycles. The van der Waals surface area contributed by atoms with Crippen molar-refractivity contribution in [2.24, 2.45) is 0 Å². The Hall–Kier alpha value is -4.80. The summed E-state index contributed by atoms with van der Waals surface area (Å²) in [6, 6.07) is 11.7. The van der Waals surface area contributed by atoms with Gasteiger partial charge in [-0.1, -0.05) is 13.0 Å². The van der Waals surface area contributed by atoms with Crippen LogP contribution in [0.5, 0.6) is 5.75 Å². The zero-order valence-corrected chi connectivity index (χ0v) is 18.1. The van der Waals surface area contributed by atoms with E-state index in [2.05, 4.69) is 10.3 Å². The fourth-order valence-corrected chi connectivity index (χ4v) is 3.49. The van der Waals surface area contributed by atoms with Gasteiger partial charge in [0.25, 0.3) is 17.3 Å². The molecule has 172 valence electrons. The summed E-state index contributed by atoms with van der Waals surface area (Å²) in [6.07, 6.45) is 0.820. The molecule has 0 aliphatic carbocycles. The summed E-state index contributed by atoms with van der Waals surface area (Å²) in [5.74, 6) is -0.798. The van der Waals surface area contributed by atoms with Crippen molar-refractivity contribution in [3.05, 3.63) is 85.4 Å². The summed E-state index contributed by atoms with van der Waals surface area (Å²) >= 11 is 0. The van der Waals surface area contributed by atoms with Crippen molar-refractivity contribution in [2.45, 2.75) is 20.3 Å². The van der Waals surface area contributed by atoms with Crippen molar-refractivity contribution >= 4 is 34.1 Å². The number of nitro benzene ring substituents is 2. The van der Waals surface area contributed by atoms with Crippen LogP contribution in [0.25, 0.3) is 22.6 Å². The molecule has 0 unspecified atom stereocenters. The van der Waals surface area contributed by atoms with Crippen LogP contribution in [0.3, 0.4) is 0 Å². The van der Waals surface area contributed by atoms with Crippen molar-refractivity contribution in [2.75, 3.05) is 5.32 Å². The number of amides is 1. The van der Waals surface area contributed by atoms with Gasteiger partial charge in [-0.05, 0) is 49.2 Å². The van der Waals surface area contributed by atoms with Crippen LogP contribution in [-0.2, 0) is 6.42 Å². The van der Waals surface area contributed by atoms with Gasteiger partial charge in [-0.3, -0.25) is 25.0 Å². The van der Waals surface area contributed by atoms with Crippen molar-refractivity contribution < 1.29 is 24.2 Å². The lowest BCUT2D eigenvalue weighted by atomic mass is 10.1. The Morgan fingerprint density at radius 3 is 2.35 bits per heavy atom. The third-order valence-corrected chi connectivity index (χ3v) is 5.35. The molecule has 0 bridgehead atoms. The number of oxazole rings is 1. The van der Waals surface area contributed by atoms with Crippen LogP contribution >= 0.6 is 0 Å². The van der Waals surface area contributed by atoms with Gasteiger partial charge in [0, 0.05) is 17.8 Å². The maximum absolute atomic E-state index is 12.8. The predicted octanol–water partition coefficient (Wildman–Crippen LogP) is 5.14. The summed E-state index contributed by atoms with van der Waals surface area (Å²) in [5, 5.41) is 35.4. The number of nitrogens with zero attached hydrogens (tertiary/aromatic N) is 3. The molecule has 0 aliphatic rings. The molecule has 34 heavy (non-hydrogen) atoms. The van der Waals surface area contributed by atoms with Crippen LogP contribution in [0, 0.1) is 27.2 Å². The Morgan fingerprint density at radius 1 is 1.06 bits per heavy atom. The van der Waals surface area contributed by atoms with Gasteiger partial charge in [-0.25, -0.2) is 4.98 Å². The molecular weight excluding hydrogens is 444 g/mol. The number of carbonyl (C=O) groups excluding carboxylic acids is 1. The highest BCUT2D eigenvalue weighted by molar-refractivity contribution is 6.05. The highest BCUT2D eigenvalue weighted by Gasteiger charge is 2.25. The maximum atomic E-state index is 12.8. The van der Waals surface area contributed by atoms with Gasteiger partial charge in [-0.2, -0.15) is 0 Å². The first-order valence-corrected chi connectivity index (χ1v) is 10.2. The Labute approximate surface area is 192 Å². The second-order valence-corrected chi connectivity index (χ2v) is 7.51. The molecule has 1 amide bonds. The first kappa shape index (κ1) is 22.4. The monoisotopic (exact) mass is 462 g/mol. The lowest BCUT2D eigenvalue weighted by molar-refractivity contribution is -0.395. The van der Waals surface area contributed by atoms with E-state index >= 15 is 0 Å². The molecule has 4 aromatic rings. The maximum Gasteiger partial charge on any atom is 0.279 e. The van der Waals surface area contributed by atoms with E-state index in [1.807, 2.05) is 19.1 Å². The fourth-order valence-electron chi connectivity index (χ4n) is 3.49. The average Bonchev–Trinajstić information content (AvgIpc) is 3.22. The highest BCUT2D eigenvalue weighted by atomic mass is 16.6. The third kappa shape index (κ3) is 4.13. The topological polar surface area (TPSA) is 162 Å². The number of phenolic OH excluding ortho intramolecular Hbond substituents is 1. The van der Waals surface area contributed by atoms with Gasteiger partial charge >= 0.3 is 0 Å². The highest BCUT2D eigenvalue weighted by Crippen LogP contribution is 2.34. The fraction of sp³-hybridized carbons (Fsp3) is 0.130. The molecule has 0 atom stereocenters. The minimum atomic E-state index is -0.798. The second kappa shape index (κ2) is 8.62. The van der Waals surface area contributed by atoms with Crippen LogP contribution in [0.2, 0.25) is 0 Å². The van der Waals surface area contributed by atoms with Gasteiger partial charge in [0.05, 0.1) is 21.0 Å². The first-order valence-electron chi connectivity index (χ1n) is 10.2. The molecule has 2 N–H and O–H groups in total. The molecule has 0 spiro atoms. The number of hydrogen-bond acceptors (Lipinski definition) is 8. The molecule has 3 aromatic carbocycles. The molecule has 0 fully saturated rings. The molecule has 0 aliphatic heterocycles. The number of anilines is 1. The molecule has 0 saturated heterocycles. The number of nitrogens with one attached hydrogen (secondary N) is 1. The second-order valence-electron chi connectivity index (χ2n) is 7.51. The number of aryl methyl sites for hydroxylation is 1. The number of phenols is 1. The lowest BCUT2D eigenvalue weighted by Crippen LogP contribution is -2.13. The number of carbonyl (C=O) groups is 1. The van der Waals surface area contributed by atoms with E-state index in [1.54, 1.807) is 6.07 Å². The first-order chi connectivity index (χ1) is 16.2. The molecule has 1 aromatic heterocycles. The van der Waals surface area contributed by atoms with Gasteiger partial charge < -0.3 is 14.8 Å². The van der Waals surface area contributed by atoms with Gasteiger partial charge in [0.2, 0.25) is 5.89 Å². The van der Waals surface area contributed by atoms with E-state index in [-0.39, 0.29) is 34.0 Å². The third-order valence-electron chi connectivity index (χ3n) is 5.35. The van der Waals surface area contributed by atoms with E-state index < -0.39 is 27.1 Å². The van der Waals surface area contributed by atoms with Crippen LogP contribution in [0.4, 0.5) is 17.1 Å². The summed E-state index contributed by atoms with van der Waals surface area (Å²) in [5.41, 5.74) is 1.16. The van der Waals surface area contributed by atoms with Crippen LogP contribution in [-0.4, -0.2) is 25.8 Å². The van der Waals surface area contributed by atoms with Crippen LogP contribution in [0.1, 0.15) is 28.4 Å². The Balaban J connectivity index is 1.69. The minimum Gasteiger partial charge on any atom is -0.507 e. The number of aromatic hydroxyl groups is 1. The van der Waals surface area contributed by atoms with Crippen molar-refractivity contribution in [1.29, 1.82) is 0 Å². The van der Waals surface area contributed by atoms with Crippen LogP contribution < -0.4 is 5.32 Å². The predicted molar refractivity (Wildman–Crippen MR) is 123 cm³/mol. The summed E-state index contributed by atoms with van der Waals surface area (Å²) < 4.78 is 5.74. The molecule has 0 radical (unpaired) electrons. The standard InChI is InChI=1S/C23H18N4O7/c1-3-13-4-7-21-17(8-13)25-23(34-21)16-11-15(5-6-20(16)28)24-22(29)14-9-18(26(30)31)12(2)19(10-14)27(32)33/h4-11,28H,3H2,1-2H3,(H,24,29). The Morgan fingerprint density at radius 2 is 1.74 bits per heavy atom. The molecule has 11 heteroatoms. The lowest BCUT2D eigenvalue weighted by Gasteiger charge is -2.09. The Kier molecular flexibility index (Phi) is 5.68. The molecule has 4 rings (SSSR count). The largest absolute Gasteiger partial charge is 0.507 e.